The van der Waals surface area contributed by atoms with Gasteiger partial charge in [0.05, 0.1) is 0 Å². The zero-order valence-corrected chi connectivity index (χ0v) is 13.7. The van der Waals surface area contributed by atoms with Crippen LogP contribution in [0.15, 0.2) is 30.3 Å². The molecule has 2 nitrogen and oxygen atoms in total. The average Bonchev–Trinajstić information content (AvgIpc) is 2.43. The first-order valence-corrected chi connectivity index (χ1v) is 7.47. The monoisotopic (exact) mass is 283 g/mol. The van der Waals surface area contributed by atoms with Gasteiger partial charge in [-0.25, -0.2) is 0 Å². The van der Waals surface area contributed by atoms with Crippen LogP contribution >= 0.6 is 0 Å². The Kier molecular flexibility index (Phi) is 4.56. The van der Waals surface area contributed by atoms with E-state index in [1.165, 1.54) is 22.3 Å². The van der Waals surface area contributed by atoms with Crippen molar-refractivity contribution in [3.8, 4) is 5.75 Å². The molecule has 0 aliphatic carbocycles. The zero-order chi connectivity index (χ0) is 15.6. The third kappa shape index (κ3) is 3.57. The number of hydrogen-bond donors (Lipinski definition) is 1. The maximum Gasteiger partial charge on any atom is 0.123 e. The van der Waals surface area contributed by atoms with Gasteiger partial charge in [-0.3, -0.25) is 0 Å². The number of nitrogen functional groups attached to an aromatic ring is 1. The molecule has 0 aliphatic heterocycles. The van der Waals surface area contributed by atoms with Crippen molar-refractivity contribution in [1.82, 2.24) is 0 Å². The topological polar surface area (TPSA) is 35.2 Å². The first-order chi connectivity index (χ1) is 9.88. The fraction of sp³-hybridized carbons (Fsp3) is 0.368. The predicted octanol–water partition coefficient (Wildman–Crippen LogP) is 4.90. The van der Waals surface area contributed by atoms with Gasteiger partial charge in [0.25, 0.3) is 0 Å². The lowest BCUT2D eigenvalue weighted by molar-refractivity contribution is 0.301. The smallest absolute Gasteiger partial charge is 0.123 e. The Morgan fingerprint density at radius 3 is 2.29 bits per heavy atom. The second kappa shape index (κ2) is 6.21. The summed E-state index contributed by atoms with van der Waals surface area (Å²) < 4.78 is 6.06. The van der Waals surface area contributed by atoms with Gasteiger partial charge in [-0.1, -0.05) is 32.0 Å². The Morgan fingerprint density at radius 2 is 1.67 bits per heavy atom. The molecular weight excluding hydrogens is 258 g/mol. The number of aryl methyl sites for hydroxylation is 3. The second-order valence-corrected chi connectivity index (χ2v) is 6.11. The van der Waals surface area contributed by atoms with Crippen molar-refractivity contribution in [2.24, 2.45) is 0 Å². The lowest BCUT2D eigenvalue weighted by Gasteiger charge is -2.17. The van der Waals surface area contributed by atoms with Crippen LogP contribution in [0, 0.1) is 20.8 Å². The molecule has 2 aromatic carbocycles. The molecule has 0 aromatic heterocycles. The van der Waals surface area contributed by atoms with Crippen molar-refractivity contribution in [2.45, 2.75) is 47.1 Å². The quantitative estimate of drug-likeness (QED) is 0.810. The maximum absolute atomic E-state index is 6.06. The molecule has 0 fully saturated rings. The van der Waals surface area contributed by atoms with Crippen LogP contribution in [0.3, 0.4) is 0 Å². The summed E-state index contributed by atoms with van der Waals surface area (Å²) in [5.74, 6) is 1.33. The van der Waals surface area contributed by atoms with Crippen molar-refractivity contribution < 1.29 is 4.74 Å². The highest BCUT2D eigenvalue weighted by molar-refractivity contribution is 5.55. The number of ether oxygens (including phenoxy) is 1. The lowest BCUT2D eigenvalue weighted by Crippen LogP contribution is -2.03. The molecule has 0 radical (unpaired) electrons. The predicted molar refractivity (Wildman–Crippen MR) is 89.9 cm³/mol. The van der Waals surface area contributed by atoms with Crippen molar-refractivity contribution in [2.75, 3.05) is 5.73 Å². The summed E-state index contributed by atoms with van der Waals surface area (Å²) in [6.45, 7) is 11.2. The largest absolute Gasteiger partial charge is 0.489 e. The van der Waals surface area contributed by atoms with Crippen molar-refractivity contribution in [1.29, 1.82) is 0 Å². The average molecular weight is 283 g/mol. The van der Waals surface area contributed by atoms with Gasteiger partial charge in [-0.2, -0.15) is 0 Å². The molecule has 0 spiro atoms. The molecule has 0 atom stereocenters. The first kappa shape index (κ1) is 15.4. The van der Waals surface area contributed by atoms with E-state index in [0.29, 0.717) is 12.5 Å². The van der Waals surface area contributed by atoms with Gasteiger partial charge in [0, 0.05) is 5.69 Å². The SMILES string of the molecule is Cc1ccc(COc2cc(C)c(N)cc2C(C)C)cc1C. The molecule has 0 unspecified atom stereocenters. The summed E-state index contributed by atoms with van der Waals surface area (Å²) in [5, 5.41) is 0. The lowest BCUT2D eigenvalue weighted by atomic mass is 9.99. The van der Waals surface area contributed by atoms with Crippen molar-refractivity contribution >= 4 is 5.69 Å². The molecule has 2 aromatic rings. The van der Waals surface area contributed by atoms with Crippen LogP contribution in [0.25, 0.3) is 0 Å². The summed E-state index contributed by atoms with van der Waals surface area (Å²) in [5.41, 5.74) is 12.9. The van der Waals surface area contributed by atoms with Gasteiger partial charge in [0.2, 0.25) is 0 Å². The Labute approximate surface area is 127 Å². The summed E-state index contributed by atoms with van der Waals surface area (Å²) in [6, 6.07) is 10.5. The van der Waals surface area contributed by atoms with E-state index >= 15 is 0 Å². The number of benzene rings is 2. The summed E-state index contributed by atoms with van der Waals surface area (Å²) in [4.78, 5) is 0. The van der Waals surface area contributed by atoms with E-state index in [9.17, 15) is 0 Å². The molecule has 0 amide bonds. The van der Waals surface area contributed by atoms with Gasteiger partial charge in [-0.15, -0.1) is 0 Å². The van der Waals surface area contributed by atoms with Crippen LogP contribution in [-0.4, -0.2) is 0 Å². The van der Waals surface area contributed by atoms with Gasteiger partial charge in [0.15, 0.2) is 0 Å². The van der Waals surface area contributed by atoms with E-state index in [1.807, 2.05) is 19.1 Å². The number of rotatable bonds is 4. The van der Waals surface area contributed by atoms with Crippen LogP contribution in [0.4, 0.5) is 5.69 Å². The third-order valence-corrected chi connectivity index (χ3v) is 3.99. The number of nitrogens with two attached hydrogens (primary N) is 1. The zero-order valence-electron chi connectivity index (χ0n) is 13.7. The standard InChI is InChI=1S/C19H25NO/c1-12(2)17-10-18(20)15(5)9-19(17)21-11-16-7-6-13(3)14(4)8-16/h6-10,12H,11,20H2,1-5H3. The molecular formula is C19H25NO. The second-order valence-electron chi connectivity index (χ2n) is 6.11. The van der Waals surface area contributed by atoms with Crippen molar-refractivity contribution in [3.05, 3.63) is 58.1 Å². The Morgan fingerprint density at radius 1 is 0.952 bits per heavy atom. The molecule has 2 N–H and O–H groups in total. The van der Waals surface area contributed by atoms with Crippen LogP contribution in [0.2, 0.25) is 0 Å². The van der Waals surface area contributed by atoms with Crippen LogP contribution in [-0.2, 0) is 6.61 Å². The highest BCUT2D eigenvalue weighted by atomic mass is 16.5. The fourth-order valence-electron chi connectivity index (χ4n) is 2.35. The van der Waals surface area contributed by atoms with E-state index in [1.54, 1.807) is 0 Å². The molecule has 0 saturated heterocycles. The highest BCUT2D eigenvalue weighted by Crippen LogP contribution is 2.31. The molecule has 0 bridgehead atoms. The summed E-state index contributed by atoms with van der Waals surface area (Å²) >= 11 is 0. The van der Waals surface area contributed by atoms with E-state index < -0.39 is 0 Å². The van der Waals surface area contributed by atoms with E-state index in [0.717, 1.165) is 17.0 Å². The first-order valence-electron chi connectivity index (χ1n) is 7.47. The molecule has 0 saturated carbocycles. The Hall–Kier alpha value is -1.96. The van der Waals surface area contributed by atoms with E-state index in [2.05, 4.69) is 45.9 Å². The fourth-order valence-corrected chi connectivity index (χ4v) is 2.35. The Bertz CT molecular complexity index is 644. The molecule has 2 rings (SSSR count). The molecule has 2 heteroatoms. The van der Waals surface area contributed by atoms with Crippen molar-refractivity contribution in [3.63, 3.8) is 0 Å². The van der Waals surface area contributed by atoms with Gasteiger partial charge in [-0.05, 0) is 66.6 Å². The summed E-state index contributed by atoms with van der Waals surface area (Å²) in [7, 11) is 0. The van der Waals surface area contributed by atoms with Crippen LogP contribution in [0.5, 0.6) is 5.75 Å². The normalized spacial score (nSPS) is 11.0. The van der Waals surface area contributed by atoms with Crippen LogP contribution < -0.4 is 10.5 Å². The minimum absolute atomic E-state index is 0.391. The molecule has 0 heterocycles. The number of hydrogen-bond acceptors (Lipinski definition) is 2. The summed E-state index contributed by atoms with van der Waals surface area (Å²) in [6.07, 6.45) is 0. The van der Waals surface area contributed by atoms with Gasteiger partial charge in [0.1, 0.15) is 12.4 Å². The molecule has 0 aliphatic rings. The van der Waals surface area contributed by atoms with E-state index in [4.69, 9.17) is 10.5 Å². The Balaban J connectivity index is 2.22. The minimum atomic E-state index is 0.391. The van der Waals surface area contributed by atoms with Crippen LogP contribution in [0.1, 0.15) is 47.6 Å². The number of anilines is 1. The maximum atomic E-state index is 6.06. The molecule has 112 valence electrons. The highest BCUT2D eigenvalue weighted by Gasteiger charge is 2.11. The molecule has 21 heavy (non-hydrogen) atoms. The third-order valence-electron chi connectivity index (χ3n) is 3.99. The minimum Gasteiger partial charge on any atom is -0.489 e. The van der Waals surface area contributed by atoms with E-state index in [-0.39, 0.29) is 0 Å². The van der Waals surface area contributed by atoms with Gasteiger partial charge < -0.3 is 10.5 Å². The van der Waals surface area contributed by atoms with Gasteiger partial charge >= 0.3 is 0 Å².